The molecule has 1 heterocycles. The first kappa shape index (κ1) is 13.9. The van der Waals surface area contributed by atoms with Crippen LogP contribution in [-0.4, -0.2) is 23.9 Å². The molecular weight excluding hydrogens is 234 g/mol. The quantitative estimate of drug-likeness (QED) is 0.742. The summed E-state index contributed by atoms with van der Waals surface area (Å²) in [6.07, 6.45) is 5.91. The average Bonchev–Trinajstić information content (AvgIpc) is 2.38. The van der Waals surface area contributed by atoms with Crippen molar-refractivity contribution in [3.05, 3.63) is 41.0 Å². The zero-order valence-corrected chi connectivity index (χ0v) is 12.1. The number of aryl methyl sites for hydroxylation is 2. The minimum Gasteiger partial charge on any atom is -0.339 e. The zero-order valence-electron chi connectivity index (χ0n) is 12.1. The molecule has 0 spiro atoms. The topological polar surface area (TPSA) is 20.3 Å². The number of benzene rings is 1. The standard InChI is InChI=1S/C17H23NO/c1-13-8-10-18(11-9-13)17(19)7-6-16-5-4-14(2)12-15(16)3/h4-7,12-13H,8-11H2,1-3H3/b7-6+. The van der Waals surface area contributed by atoms with Crippen molar-refractivity contribution in [1.29, 1.82) is 0 Å². The number of amides is 1. The van der Waals surface area contributed by atoms with Crippen molar-refractivity contribution in [3.8, 4) is 0 Å². The third-order valence-electron chi connectivity index (χ3n) is 3.93. The van der Waals surface area contributed by atoms with Crippen molar-refractivity contribution in [2.45, 2.75) is 33.6 Å². The molecule has 2 heteroatoms. The number of hydrogen-bond acceptors (Lipinski definition) is 1. The van der Waals surface area contributed by atoms with E-state index in [1.54, 1.807) is 6.08 Å². The maximum Gasteiger partial charge on any atom is 0.246 e. The van der Waals surface area contributed by atoms with Gasteiger partial charge in [0.2, 0.25) is 5.91 Å². The molecule has 0 saturated carbocycles. The predicted octanol–water partition coefficient (Wildman–Crippen LogP) is 3.58. The first-order chi connectivity index (χ1) is 9.06. The van der Waals surface area contributed by atoms with Crippen LogP contribution in [0.5, 0.6) is 0 Å². The van der Waals surface area contributed by atoms with Crippen molar-refractivity contribution in [1.82, 2.24) is 4.90 Å². The molecule has 1 aromatic rings. The van der Waals surface area contributed by atoms with Crippen LogP contribution in [0.25, 0.3) is 6.08 Å². The molecule has 0 aliphatic carbocycles. The first-order valence-corrected chi connectivity index (χ1v) is 7.10. The molecule has 19 heavy (non-hydrogen) atoms. The normalized spacial score (nSPS) is 17.1. The molecule has 1 aliphatic rings. The van der Waals surface area contributed by atoms with E-state index in [0.717, 1.165) is 37.4 Å². The van der Waals surface area contributed by atoms with Gasteiger partial charge in [-0.1, -0.05) is 30.7 Å². The van der Waals surface area contributed by atoms with Gasteiger partial charge in [-0.2, -0.15) is 0 Å². The van der Waals surface area contributed by atoms with Crippen molar-refractivity contribution >= 4 is 12.0 Å². The maximum atomic E-state index is 12.1. The number of carbonyl (C=O) groups excluding carboxylic acids is 1. The van der Waals surface area contributed by atoms with Gasteiger partial charge < -0.3 is 4.90 Å². The van der Waals surface area contributed by atoms with Crippen molar-refractivity contribution in [2.75, 3.05) is 13.1 Å². The second-order valence-electron chi connectivity index (χ2n) is 5.70. The van der Waals surface area contributed by atoms with Crippen LogP contribution >= 0.6 is 0 Å². The van der Waals surface area contributed by atoms with Crippen molar-refractivity contribution in [2.24, 2.45) is 5.92 Å². The van der Waals surface area contributed by atoms with E-state index in [4.69, 9.17) is 0 Å². The Morgan fingerprint density at radius 1 is 1.26 bits per heavy atom. The number of piperidine rings is 1. The van der Waals surface area contributed by atoms with Gasteiger partial charge >= 0.3 is 0 Å². The van der Waals surface area contributed by atoms with Gasteiger partial charge in [-0.05, 0) is 49.8 Å². The Kier molecular flexibility index (Phi) is 4.41. The Labute approximate surface area is 116 Å². The van der Waals surface area contributed by atoms with Gasteiger partial charge in [0, 0.05) is 19.2 Å². The summed E-state index contributed by atoms with van der Waals surface area (Å²) in [6.45, 7) is 8.22. The van der Waals surface area contributed by atoms with Gasteiger partial charge in [-0.15, -0.1) is 0 Å². The van der Waals surface area contributed by atoms with Gasteiger partial charge in [0.15, 0.2) is 0 Å². The van der Waals surface area contributed by atoms with Crippen LogP contribution in [0.3, 0.4) is 0 Å². The highest BCUT2D eigenvalue weighted by Gasteiger charge is 2.18. The van der Waals surface area contributed by atoms with E-state index in [-0.39, 0.29) is 5.91 Å². The van der Waals surface area contributed by atoms with Crippen molar-refractivity contribution in [3.63, 3.8) is 0 Å². The molecule has 0 atom stereocenters. The summed E-state index contributed by atoms with van der Waals surface area (Å²) in [7, 11) is 0. The van der Waals surface area contributed by atoms with E-state index >= 15 is 0 Å². The lowest BCUT2D eigenvalue weighted by atomic mass is 9.99. The lowest BCUT2D eigenvalue weighted by molar-refractivity contribution is -0.127. The highest BCUT2D eigenvalue weighted by Crippen LogP contribution is 2.17. The Morgan fingerprint density at radius 3 is 2.58 bits per heavy atom. The minimum atomic E-state index is 0.145. The van der Waals surface area contributed by atoms with E-state index < -0.39 is 0 Å². The van der Waals surface area contributed by atoms with Crippen LogP contribution in [0, 0.1) is 19.8 Å². The smallest absolute Gasteiger partial charge is 0.246 e. The second-order valence-corrected chi connectivity index (χ2v) is 5.70. The van der Waals surface area contributed by atoms with E-state index in [2.05, 4.69) is 39.0 Å². The average molecular weight is 257 g/mol. The monoisotopic (exact) mass is 257 g/mol. The molecule has 1 aromatic carbocycles. The number of carbonyl (C=O) groups is 1. The van der Waals surface area contributed by atoms with Gasteiger partial charge in [0.25, 0.3) is 0 Å². The van der Waals surface area contributed by atoms with E-state index in [1.807, 2.05) is 11.0 Å². The summed E-state index contributed by atoms with van der Waals surface area (Å²) in [5.74, 6) is 0.902. The Bertz CT molecular complexity index is 482. The molecule has 0 aromatic heterocycles. The van der Waals surface area contributed by atoms with Crippen LogP contribution in [-0.2, 0) is 4.79 Å². The molecule has 1 fully saturated rings. The number of hydrogen-bond donors (Lipinski definition) is 0. The van der Waals surface area contributed by atoms with Crippen molar-refractivity contribution < 1.29 is 4.79 Å². The summed E-state index contributed by atoms with van der Waals surface area (Å²) < 4.78 is 0. The van der Waals surface area contributed by atoms with Gasteiger partial charge in [-0.25, -0.2) is 0 Å². The van der Waals surface area contributed by atoms with Gasteiger partial charge in [0.1, 0.15) is 0 Å². The molecule has 1 aliphatic heterocycles. The van der Waals surface area contributed by atoms with Crippen LogP contribution in [0.2, 0.25) is 0 Å². The Hall–Kier alpha value is -1.57. The summed E-state index contributed by atoms with van der Waals surface area (Å²) >= 11 is 0. The van der Waals surface area contributed by atoms with Crippen LogP contribution in [0.15, 0.2) is 24.3 Å². The summed E-state index contributed by atoms with van der Waals surface area (Å²) in [5.41, 5.74) is 3.60. The fourth-order valence-electron chi connectivity index (χ4n) is 2.51. The zero-order chi connectivity index (χ0) is 13.8. The van der Waals surface area contributed by atoms with E-state index in [0.29, 0.717) is 0 Å². The number of likely N-dealkylation sites (tertiary alicyclic amines) is 1. The second kappa shape index (κ2) is 6.05. The molecule has 0 N–H and O–H groups in total. The van der Waals surface area contributed by atoms with Crippen LogP contribution in [0.4, 0.5) is 0 Å². The largest absolute Gasteiger partial charge is 0.339 e. The fourth-order valence-corrected chi connectivity index (χ4v) is 2.51. The Morgan fingerprint density at radius 2 is 1.95 bits per heavy atom. The molecular formula is C17H23NO. The third-order valence-corrected chi connectivity index (χ3v) is 3.93. The molecule has 2 rings (SSSR count). The minimum absolute atomic E-state index is 0.145. The number of nitrogens with zero attached hydrogens (tertiary/aromatic N) is 1. The summed E-state index contributed by atoms with van der Waals surface area (Å²) in [6, 6.07) is 6.30. The predicted molar refractivity (Wildman–Crippen MR) is 79.9 cm³/mol. The third kappa shape index (κ3) is 3.69. The molecule has 102 valence electrons. The van der Waals surface area contributed by atoms with Gasteiger partial charge in [-0.3, -0.25) is 4.79 Å². The van der Waals surface area contributed by atoms with Crippen LogP contribution in [0.1, 0.15) is 36.5 Å². The SMILES string of the molecule is Cc1ccc(/C=C/C(=O)N2CCC(C)CC2)c(C)c1. The molecule has 0 unspecified atom stereocenters. The molecule has 1 saturated heterocycles. The lowest BCUT2D eigenvalue weighted by Gasteiger charge is -2.29. The molecule has 0 bridgehead atoms. The number of rotatable bonds is 2. The maximum absolute atomic E-state index is 12.1. The lowest BCUT2D eigenvalue weighted by Crippen LogP contribution is -2.36. The van der Waals surface area contributed by atoms with Crippen LogP contribution < -0.4 is 0 Å². The summed E-state index contributed by atoms with van der Waals surface area (Å²) in [4.78, 5) is 14.1. The highest BCUT2D eigenvalue weighted by molar-refractivity contribution is 5.92. The molecule has 0 radical (unpaired) electrons. The first-order valence-electron chi connectivity index (χ1n) is 7.10. The fraction of sp³-hybridized carbons (Fsp3) is 0.471. The van der Waals surface area contributed by atoms with Gasteiger partial charge in [0.05, 0.1) is 0 Å². The highest BCUT2D eigenvalue weighted by atomic mass is 16.2. The summed E-state index contributed by atoms with van der Waals surface area (Å²) in [5, 5.41) is 0. The van der Waals surface area contributed by atoms with E-state index in [9.17, 15) is 4.79 Å². The molecule has 1 amide bonds. The Balaban J connectivity index is 2.00. The van der Waals surface area contributed by atoms with E-state index in [1.165, 1.54) is 11.1 Å². The molecule has 2 nitrogen and oxygen atoms in total.